The Labute approximate surface area is 169 Å². The Bertz CT molecular complexity index is 824. The van der Waals surface area contributed by atoms with E-state index in [0.717, 1.165) is 46.9 Å². The van der Waals surface area contributed by atoms with Crippen molar-refractivity contribution in [1.29, 1.82) is 0 Å². The van der Waals surface area contributed by atoms with Gasteiger partial charge in [-0.3, -0.25) is 4.90 Å². The molecule has 2 aromatic rings. The zero-order chi connectivity index (χ0) is 19.6. The fourth-order valence-corrected chi connectivity index (χ4v) is 4.37. The summed E-state index contributed by atoms with van der Waals surface area (Å²) in [7, 11) is 8.83. The number of halogens is 1. The molecule has 146 valence electrons. The maximum absolute atomic E-state index is 5.54. The van der Waals surface area contributed by atoms with Crippen LogP contribution in [0.1, 0.15) is 22.7 Å². The average Bonchev–Trinajstić information content (AvgIpc) is 2.69. The number of ether oxygens (including phenoxy) is 4. The molecule has 0 bridgehead atoms. The minimum Gasteiger partial charge on any atom is -0.493 e. The molecule has 0 N–H and O–H groups in total. The highest BCUT2D eigenvalue weighted by Gasteiger charge is 2.28. The zero-order valence-electron chi connectivity index (χ0n) is 16.5. The zero-order valence-corrected chi connectivity index (χ0v) is 18.1. The van der Waals surface area contributed by atoms with E-state index < -0.39 is 0 Å². The lowest BCUT2D eigenvalue weighted by atomic mass is 9.88. The van der Waals surface area contributed by atoms with Crippen molar-refractivity contribution in [2.24, 2.45) is 0 Å². The van der Waals surface area contributed by atoms with Gasteiger partial charge in [-0.1, -0.05) is 6.07 Å². The molecule has 0 spiro atoms. The van der Waals surface area contributed by atoms with Crippen LogP contribution in [0.25, 0.3) is 0 Å². The van der Waals surface area contributed by atoms with Gasteiger partial charge in [0.15, 0.2) is 23.0 Å². The number of hydrogen-bond donors (Lipinski definition) is 0. The lowest BCUT2D eigenvalue weighted by Gasteiger charge is -2.35. The Morgan fingerprint density at radius 1 is 0.963 bits per heavy atom. The van der Waals surface area contributed by atoms with Gasteiger partial charge in [0.05, 0.1) is 32.9 Å². The lowest BCUT2D eigenvalue weighted by molar-refractivity contribution is 0.227. The molecule has 27 heavy (non-hydrogen) atoms. The van der Waals surface area contributed by atoms with E-state index in [-0.39, 0.29) is 6.04 Å². The van der Waals surface area contributed by atoms with Crippen molar-refractivity contribution < 1.29 is 18.9 Å². The summed E-state index contributed by atoms with van der Waals surface area (Å²) in [6, 6.07) is 8.51. The Kier molecular flexibility index (Phi) is 6.17. The second kappa shape index (κ2) is 8.40. The Morgan fingerprint density at radius 3 is 2.26 bits per heavy atom. The Morgan fingerprint density at radius 2 is 1.63 bits per heavy atom. The van der Waals surface area contributed by atoms with Crippen molar-refractivity contribution in [1.82, 2.24) is 4.90 Å². The molecular formula is C21H26BrNO4. The van der Waals surface area contributed by atoms with Crippen LogP contribution >= 0.6 is 15.9 Å². The molecule has 1 heterocycles. The van der Waals surface area contributed by atoms with Gasteiger partial charge in [-0.05, 0) is 70.7 Å². The standard InChI is InChI=1S/C21H26BrNO4/c1-23-9-8-13-11-18(25-3)19(26-4)12-15(13)16(23)10-14-6-7-17(24-2)21(27-5)20(14)22/h6-7,11-12,16H,8-10H2,1-5H3/t16-/m1/s1. The third-order valence-corrected chi connectivity index (χ3v) is 6.12. The van der Waals surface area contributed by atoms with Crippen molar-refractivity contribution in [3.63, 3.8) is 0 Å². The van der Waals surface area contributed by atoms with Gasteiger partial charge in [0, 0.05) is 12.6 Å². The fourth-order valence-electron chi connectivity index (χ4n) is 3.72. The highest BCUT2D eigenvalue weighted by Crippen LogP contribution is 2.42. The quantitative estimate of drug-likeness (QED) is 0.677. The Balaban J connectivity index is 2.01. The normalized spacial score (nSPS) is 16.6. The van der Waals surface area contributed by atoms with Crippen molar-refractivity contribution in [2.75, 3.05) is 42.0 Å². The molecule has 5 nitrogen and oxygen atoms in total. The molecule has 0 saturated carbocycles. The predicted molar refractivity (Wildman–Crippen MR) is 110 cm³/mol. The van der Waals surface area contributed by atoms with Gasteiger partial charge in [-0.25, -0.2) is 0 Å². The summed E-state index contributed by atoms with van der Waals surface area (Å²) in [6.45, 7) is 0.998. The molecule has 0 saturated heterocycles. The third kappa shape index (κ3) is 3.73. The molecule has 0 aromatic heterocycles. The number of likely N-dealkylation sites (N-methyl/N-ethyl adjacent to an activating group) is 1. The summed E-state index contributed by atoms with van der Waals surface area (Å²) < 4.78 is 22.9. The monoisotopic (exact) mass is 435 g/mol. The van der Waals surface area contributed by atoms with Crippen molar-refractivity contribution in [3.05, 3.63) is 45.4 Å². The first-order valence-electron chi connectivity index (χ1n) is 8.88. The molecule has 0 unspecified atom stereocenters. The number of benzene rings is 2. The van der Waals surface area contributed by atoms with E-state index in [1.807, 2.05) is 6.07 Å². The van der Waals surface area contributed by atoms with Crippen molar-refractivity contribution in [3.8, 4) is 23.0 Å². The van der Waals surface area contributed by atoms with Crippen LogP contribution in [-0.4, -0.2) is 46.9 Å². The van der Waals surface area contributed by atoms with Gasteiger partial charge in [0.1, 0.15) is 0 Å². The van der Waals surface area contributed by atoms with E-state index in [0.29, 0.717) is 0 Å². The summed E-state index contributed by atoms with van der Waals surface area (Å²) >= 11 is 3.70. The average molecular weight is 436 g/mol. The molecule has 1 aliphatic heterocycles. The SMILES string of the molecule is COc1cc2c(cc1OC)[C@@H](Cc1ccc(OC)c(OC)c1Br)N(C)CC2. The fraction of sp³-hybridized carbons (Fsp3) is 0.429. The van der Waals surface area contributed by atoms with Crippen LogP contribution in [0.2, 0.25) is 0 Å². The predicted octanol–water partition coefficient (Wildman–Crippen LogP) is 4.26. The molecule has 1 atom stereocenters. The summed E-state index contributed by atoms with van der Waals surface area (Å²) in [6.07, 6.45) is 1.84. The molecule has 6 heteroatoms. The third-order valence-electron chi connectivity index (χ3n) is 5.25. The number of methoxy groups -OCH3 is 4. The van der Waals surface area contributed by atoms with Gasteiger partial charge in [0.2, 0.25) is 0 Å². The maximum atomic E-state index is 5.54. The van der Waals surface area contributed by atoms with Crippen LogP contribution in [0.15, 0.2) is 28.7 Å². The molecular weight excluding hydrogens is 410 g/mol. The van der Waals surface area contributed by atoms with E-state index in [2.05, 4.69) is 46.1 Å². The summed E-state index contributed by atoms with van der Waals surface area (Å²) in [4.78, 5) is 2.39. The Hall–Kier alpha value is -1.92. The van der Waals surface area contributed by atoms with E-state index in [9.17, 15) is 0 Å². The van der Waals surface area contributed by atoms with Crippen LogP contribution in [0.3, 0.4) is 0 Å². The molecule has 0 radical (unpaired) electrons. The number of rotatable bonds is 6. The van der Waals surface area contributed by atoms with Crippen LogP contribution in [-0.2, 0) is 12.8 Å². The largest absolute Gasteiger partial charge is 0.493 e. The highest BCUT2D eigenvalue weighted by molar-refractivity contribution is 9.10. The van der Waals surface area contributed by atoms with Gasteiger partial charge in [-0.2, -0.15) is 0 Å². The van der Waals surface area contributed by atoms with E-state index in [4.69, 9.17) is 18.9 Å². The number of fused-ring (bicyclic) bond motifs is 1. The van der Waals surface area contributed by atoms with Crippen LogP contribution in [0.5, 0.6) is 23.0 Å². The van der Waals surface area contributed by atoms with Crippen molar-refractivity contribution in [2.45, 2.75) is 18.9 Å². The van der Waals surface area contributed by atoms with Gasteiger partial charge >= 0.3 is 0 Å². The van der Waals surface area contributed by atoms with Crippen LogP contribution in [0, 0.1) is 0 Å². The van der Waals surface area contributed by atoms with Gasteiger partial charge in [-0.15, -0.1) is 0 Å². The smallest absolute Gasteiger partial charge is 0.175 e. The highest BCUT2D eigenvalue weighted by atomic mass is 79.9. The van der Waals surface area contributed by atoms with Gasteiger partial charge in [0.25, 0.3) is 0 Å². The first-order chi connectivity index (χ1) is 13.0. The molecule has 0 amide bonds. The molecule has 2 aromatic carbocycles. The van der Waals surface area contributed by atoms with Crippen LogP contribution < -0.4 is 18.9 Å². The van der Waals surface area contributed by atoms with Crippen LogP contribution in [0.4, 0.5) is 0 Å². The molecule has 0 aliphatic carbocycles. The van der Waals surface area contributed by atoms with E-state index in [1.165, 1.54) is 16.7 Å². The first kappa shape index (κ1) is 19.8. The topological polar surface area (TPSA) is 40.2 Å². The van der Waals surface area contributed by atoms with Gasteiger partial charge < -0.3 is 18.9 Å². The second-order valence-electron chi connectivity index (χ2n) is 6.63. The maximum Gasteiger partial charge on any atom is 0.175 e. The van der Waals surface area contributed by atoms with E-state index in [1.54, 1.807) is 28.4 Å². The van der Waals surface area contributed by atoms with Crippen molar-refractivity contribution >= 4 is 15.9 Å². The minimum atomic E-state index is 0.239. The molecule has 3 rings (SSSR count). The minimum absolute atomic E-state index is 0.239. The number of hydrogen-bond acceptors (Lipinski definition) is 5. The van der Waals surface area contributed by atoms with E-state index >= 15 is 0 Å². The summed E-state index contributed by atoms with van der Waals surface area (Å²) in [5.74, 6) is 2.99. The first-order valence-corrected chi connectivity index (χ1v) is 9.67. The summed E-state index contributed by atoms with van der Waals surface area (Å²) in [5.41, 5.74) is 3.77. The lowest BCUT2D eigenvalue weighted by Crippen LogP contribution is -2.33. The number of nitrogens with zero attached hydrogens (tertiary/aromatic N) is 1. The molecule has 0 fully saturated rings. The summed E-state index contributed by atoms with van der Waals surface area (Å²) in [5, 5.41) is 0. The molecule has 1 aliphatic rings. The second-order valence-corrected chi connectivity index (χ2v) is 7.42.